The molecular weight excluding hydrogens is 358 g/mol. The number of nitrogens with one attached hydrogen (secondary N) is 1. The van der Waals surface area contributed by atoms with Crippen molar-refractivity contribution in [1.29, 1.82) is 0 Å². The molecule has 0 radical (unpaired) electrons. The maximum Gasteiger partial charge on any atom is 0.245 e. The van der Waals surface area contributed by atoms with Gasteiger partial charge in [0.2, 0.25) is 5.91 Å². The van der Waals surface area contributed by atoms with Gasteiger partial charge in [0.25, 0.3) is 0 Å². The zero-order valence-corrected chi connectivity index (χ0v) is 15.9. The maximum absolute atomic E-state index is 11.0. The molecule has 0 saturated heterocycles. The van der Waals surface area contributed by atoms with Crippen molar-refractivity contribution in [3.8, 4) is 0 Å². The fraction of sp³-hybridized carbons (Fsp3) is 0.444. The van der Waals surface area contributed by atoms with Crippen molar-refractivity contribution in [2.75, 3.05) is 20.8 Å². The van der Waals surface area contributed by atoms with Crippen LogP contribution in [0, 0.1) is 0 Å². The van der Waals surface area contributed by atoms with Crippen LogP contribution >= 0.6 is 11.6 Å². The Balaban J connectivity index is 0.000000314. The number of nitrogens with zero attached hydrogens (tertiary/aromatic N) is 2. The zero-order valence-electron chi connectivity index (χ0n) is 15.1. The van der Waals surface area contributed by atoms with E-state index in [0.717, 1.165) is 25.1 Å². The van der Waals surface area contributed by atoms with Crippen molar-refractivity contribution in [3.63, 3.8) is 0 Å². The van der Waals surface area contributed by atoms with Gasteiger partial charge in [0, 0.05) is 31.6 Å². The zero-order chi connectivity index (χ0) is 19.2. The SMILES string of the molecule is COC(CCc1ccc(Cl)cc1)CC(=O)NO.COCCn1cccn1. The van der Waals surface area contributed by atoms with Crippen LogP contribution in [0.5, 0.6) is 0 Å². The average molecular weight is 384 g/mol. The maximum atomic E-state index is 11.0. The molecular formula is C18H26ClN3O4. The molecule has 1 heterocycles. The number of aryl methyl sites for hydroxylation is 1. The minimum atomic E-state index is -0.437. The predicted octanol–water partition coefficient (Wildman–Crippen LogP) is 2.71. The molecule has 1 aromatic heterocycles. The second-order valence-electron chi connectivity index (χ2n) is 5.52. The molecule has 0 aliphatic heterocycles. The molecule has 26 heavy (non-hydrogen) atoms. The topological polar surface area (TPSA) is 85.6 Å². The Morgan fingerprint density at radius 2 is 2.08 bits per heavy atom. The van der Waals surface area contributed by atoms with Crippen molar-refractivity contribution < 1.29 is 19.5 Å². The lowest BCUT2D eigenvalue weighted by Crippen LogP contribution is -2.25. The summed E-state index contributed by atoms with van der Waals surface area (Å²) in [5, 5.41) is 13.1. The summed E-state index contributed by atoms with van der Waals surface area (Å²) in [5.41, 5.74) is 2.74. The van der Waals surface area contributed by atoms with Crippen LogP contribution in [0.2, 0.25) is 5.02 Å². The average Bonchev–Trinajstić information content (AvgIpc) is 3.18. The highest BCUT2D eigenvalue weighted by molar-refractivity contribution is 6.30. The second-order valence-corrected chi connectivity index (χ2v) is 5.96. The lowest BCUT2D eigenvalue weighted by molar-refractivity contribution is -0.131. The van der Waals surface area contributed by atoms with E-state index in [0.29, 0.717) is 11.4 Å². The molecule has 0 saturated carbocycles. The summed E-state index contributed by atoms with van der Waals surface area (Å²) in [5.74, 6) is -0.437. The van der Waals surface area contributed by atoms with Crippen LogP contribution in [0.1, 0.15) is 18.4 Å². The van der Waals surface area contributed by atoms with Gasteiger partial charge in [-0.2, -0.15) is 5.10 Å². The first-order valence-corrected chi connectivity index (χ1v) is 8.63. The second kappa shape index (κ2) is 13.3. The molecule has 1 unspecified atom stereocenters. The molecule has 0 aliphatic rings. The van der Waals surface area contributed by atoms with Crippen LogP contribution < -0.4 is 5.48 Å². The Morgan fingerprint density at radius 3 is 2.62 bits per heavy atom. The van der Waals surface area contributed by atoms with Crippen molar-refractivity contribution in [1.82, 2.24) is 15.3 Å². The van der Waals surface area contributed by atoms with Crippen LogP contribution in [0.4, 0.5) is 0 Å². The van der Waals surface area contributed by atoms with Gasteiger partial charge in [0.05, 0.1) is 25.7 Å². The largest absolute Gasteiger partial charge is 0.383 e. The summed E-state index contributed by atoms with van der Waals surface area (Å²) in [6.45, 7) is 1.56. The van der Waals surface area contributed by atoms with Crippen LogP contribution in [-0.4, -0.2) is 47.8 Å². The van der Waals surface area contributed by atoms with Gasteiger partial charge >= 0.3 is 0 Å². The minimum Gasteiger partial charge on any atom is -0.383 e. The first-order valence-electron chi connectivity index (χ1n) is 8.25. The summed E-state index contributed by atoms with van der Waals surface area (Å²) in [6.07, 6.45) is 5.15. The van der Waals surface area contributed by atoms with Gasteiger partial charge in [-0.15, -0.1) is 0 Å². The van der Waals surface area contributed by atoms with E-state index in [-0.39, 0.29) is 12.5 Å². The van der Waals surface area contributed by atoms with Gasteiger partial charge in [-0.25, -0.2) is 5.48 Å². The third-order valence-corrected chi connectivity index (χ3v) is 3.88. The number of amides is 1. The normalized spacial score (nSPS) is 11.4. The van der Waals surface area contributed by atoms with E-state index in [9.17, 15) is 4.79 Å². The molecule has 0 aliphatic carbocycles. The van der Waals surface area contributed by atoms with E-state index in [1.165, 1.54) is 0 Å². The monoisotopic (exact) mass is 383 g/mol. The fourth-order valence-electron chi connectivity index (χ4n) is 2.15. The molecule has 0 bridgehead atoms. The van der Waals surface area contributed by atoms with E-state index in [1.54, 1.807) is 25.9 Å². The van der Waals surface area contributed by atoms with Crippen LogP contribution in [0.3, 0.4) is 0 Å². The number of hydrogen-bond acceptors (Lipinski definition) is 5. The van der Waals surface area contributed by atoms with Crippen LogP contribution in [-0.2, 0) is 27.2 Å². The first-order chi connectivity index (χ1) is 12.6. The smallest absolute Gasteiger partial charge is 0.245 e. The Kier molecular flexibility index (Phi) is 11.3. The minimum absolute atomic E-state index is 0.153. The number of halogens is 1. The van der Waals surface area contributed by atoms with Crippen LogP contribution in [0.15, 0.2) is 42.7 Å². The molecule has 1 atom stereocenters. The van der Waals surface area contributed by atoms with Crippen molar-refractivity contribution in [2.45, 2.75) is 31.9 Å². The number of rotatable bonds is 9. The highest BCUT2D eigenvalue weighted by atomic mass is 35.5. The van der Waals surface area contributed by atoms with E-state index < -0.39 is 5.91 Å². The number of carbonyl (C=O) groups is 1. The molecule has 1 amide bonds. The first kappa shape index (κ1) is 22.1. The van der Waals surface area contributed by atoms with Crippen molar-refractivity contribution >= 4 is 17.5 Å². The van der Waals surface area contributed by atoms with Crippen LogP contribution in [0.25, 0.3) is 0 Å². The number of methoxy groups -OCH3 is 2. The Morgan fingerprint density at radius 1 is 1.35 bits per heavy atom. The van der Waals surface area contributed by atoms with Gasteiger partial charge in [0.15, 0.2) is 0 Å². The van der Waals surface area contributed by atoms with Gasteiger partial charge in [-0.05, 0) is 36.6 Å². The van der Waals surface area contributed by atoms with Gasteiger partial charge in [0.1, 0.15) is 0 Å². The Bertz CT molecular complexity index is 605. The molecule has 2 rings (SSSR count). The van der Waals surface area contributed by atoms with Gasteiger partial charge in [-0.1, -0.05) is 23.7 Å². The molecule has 0 fully saturated rings. The lowest BCUT2D eigenvalue weighted by Gasteiger charge is -2.13. The standard InChI is InChI=1S/C12H16ClNO3.C6H10N2O/c1-17-11(8-12(15)14-16)7-4-9-2-5-10(13)6-3-9;1-9-6-5-8-4-2-3-7-8/h2-3,5-6,11,16H,4,7-8H2,1H3,(H,14,15);2-4H,5-6H2,1H3. The van der Waals surface area contributed by atoms with E-state index in [1.807, 2.05) is 41.2 Å². The molecule has 7 nitrogen and oxygen atoms in total. The van der Waals surface area contributed by atoms with Crippen molar-refractivity contribution in [2.24, 2.45) is 0 Å². The number of carbonyl (C=O) groups excluding carboxylic acids is 1. The third-order valence-electron chi connectivity index (χ3n) is 3.62. The van der Waals surface area contributed by atoms with E-state index in [2.05, 4.69) is 5.10 Å². The van der Waals surface area contributed by atoms with E-state index >= 15 is 0 Å². The Labute approximate surface area is 158 Å². The van der Waals surface area contributed by atoms with Gasteiger partial charge in [-0.3, -0.25) is 14.7 Å². The number of aromatic nitrogens is 2. The fourth-order valence-corrected chi connectivity index (χ4v) is 2.28. The summed E-state index contributed by atoms with van der Waals surface area (Å²) in [4.78, 5) is 11.0. The predicted molar refractivity (Wildman–Crippen MR) is 99.2 cm³/mol. The molecule has 144 valence electrons. The highest BCUT2D eigenvalue weighted by Crippen LogP contribution is 2.13. The molecule has 2 N–H and O–H groups in total. The number of hydroxylamine groups is 1. The molecule has 0 spiro atoms. The number of ether oxygens (including phenoxy) is 2. The van der Waals surface area contributed by atoms with E-state index in [4.69, 9.17) is 26.3 Å². The summed E-state index contributed by atoms with van der Waals surface area (Å²) >= 11 is 5.78. The number of hydrogen-bond donors (Lipinski definition) is 2. The number of benzene rings is 1. The summed E-state index contributed by atoms with van der Waals surface area (Å²) in [6, 6.07) is 9.45. The quantitative estimate of drug-likeness (QED) is 0.513. The third kappa shape index (κ3) is 9.53. The highest BCUT2D eigenvalue weighted by Gasteiger charge is 2.12. The molecule has 2 aromatic rings. The summed E-state index contributed by atoms with van der Waals surface area (Å²) in [7, 11) is 3.24. The Hall–Kier alpha value is -1.93. The van der Waals surface area contributed by atoms with Gasteiger partial charge < -0.3 is 9.47 Å². The molecule has 8 heteroatoms. The summed E-state index contributed by atoms with van der Waals surface area (Å²) < 4.78 is 11.9. The molecule has 1 aromatic carbocycles. The van der Waals surface area contributed by atoms with Crippen molar-refractivity contribution in [3.05, 3.63) is 53.3 Å². The lowest BCUT2D eigenvalue weighted by atomic mass is 10.0.